The number of allylic oxidation sites excluding steroid dienone is 2. The van der Waals surface area contributed by atoms with Crippen molar-refractivity contribution < 1.29 is 22.5 Å². The predicted octanol–water partition coefficient (Wildman–Crippen LogP) is 7.22. The third kappa shape index (κ3) is 3.77. The summed E-state index contributed by atoms with van der Waals surface area (Å²) in [5.41, 5.74) is 1.02. The van der Waals surface area contributed by atoms with Crippen LogP contribution in [0.4, 0.5) is 0 Å². The van der Waals surface area contributed by atoms with Crippen molar-refractivity contribution in [2.75, 3.05) is 6.26 Å². The van der Waals surface area contributed by atoms with Gasteiger partial charge in [0.25, 0.3) is 10.1 Å². The minimum atomic E-state index is -3.50. The molecule has 0 saturated heterocycles. The average molecular weight is 535 g/mol. The van der Waals surface area contributed by atoms with Gasteiger partial charge in [-0.05, 0) is 109 Å². The Bertz CT molecular complexity index is 1120. The Hall–Kier alpha value is -0.880. The van der Waals surface area contributed by atoms with E-state index in [9.17, 15) is 18.3 Å². The predicted molar refractivity (Wildman–Crippen MR) is 146 cm³/mol. The number of hydrogen-bond donors (Lipinski definition) is 1. The van der Waals surface area contributed by atoms with Gasteiger partial charge >= 0.3 is 5.97 Å². The Balaban J connectivity index is 1.55. The Morgan fingerprint density at radius 3 is 2.19 bits per heavy atom. The highest BCUT2D eigenvalue weighted by molar-refractivity contribution is 7.86. The van der Waals surface area contributed by atoms with E-state index < -0.39 is 21.5 Å². The number of hydrogen-bond acceptors (Lipinski definition) is 4. The summed E-state index contributed by atoms with van der Waals surface area (Å²) in [6.07, 6.45) is 12.9. The molecule has 1 N–H and O–H groups in total. The monoisotopic (exact) mass is 534 g/mol. The third-order valence-electron chi connectivity index (χ3n) is 13.3. The molecule has 6 heteroatoms. The zero-order valence-corrected chi connectivity index (χ0v) is 25.3. The lowest BCUT2D eigenvalue weighted by atomic mass is 9.33. The van der Waals surface area contributed by atoms with Crippen LogP contribution in [0.3, 0.4) is 0 Å². The van der Waals surface area contributed by atoms with Crippen LogP contribution in [0.5, 0.6) is 0 Å². The largest absolute Gasteiger partial charge is 0.481 e. The van der Waals surface area contributed by atoms with E-state index in [1.165, 1.54) is 11.8 Å². The molecule has 4 fully saturated rings. The van der Waals surface area contributed by atoms with E-state index in [4.69, 9.17) is 4.18 Å². The first-order valence-corrected chi connectivity index (χ1v) is 16.5. The van der Waals surface area contributed by atoms with Crippen LogP contribution in [0, 0.1) is 50.2 Å². The lowest BCUT2D eigenvalue weighted by Crippen LogP contribution is -2.65. The Labute approximate surface area is 225 Å². The molecule has 0 radical (unpaired) electrons. The zero-order chi connectivity index (χ0) is 27.4. The van der Waals surface area contributed by atoms with Crippen molar-refractivity contribution in [3.05, 3.63) is 11.6 Å². The van der Waals surface area contributed by atoms with Crippen LogP contribution in [0.15, 0.2) is 11.6 Å². The summed E-state index contributed by atoms with van der Waals surface area (Å²) >= 11 is 0. The smallest absolute Gasteiger partial charge is 0.310 e. The fraction of sp³-hybridized carbons (Fsp3) is 0.903. The van der Waals surface area contributed by atoms with Crippen molar-refractivity contribution in [1.82, 2.24) is 0 Å². The summed E-state index contributed by atoms with van der Waals surface area (Å²) < 4.78 is 29.8. The highest BCUT2D eigenvalue weighted by Gasteiger charge is 2.69. The van der Waals surface area contributed by atoms with Crippen LogP contribution in [0.2, 0.25) is 0 Å². The molecule has 37 heavy (non-hydrogen) atoms. The van der Waals surface area contributed by atoms with Gasteiger partial charge in [-0.15, -0.1) is 0 Å². The highest BCUT2D eigenvalue weighted by atomic mass is 32.2. The fourth-order valence-corrected chi connectivity index (χ4v) is 11.8. The molecule has 0 heterocycles. The molecule has 210 valence electrons. The van der Waals surface area contributed by atoms with Crippen LogP contribution >= 0.6 is 0 Å². The van der Waals surface area contributed by atoms with Crippen molar-refractivity contribution in [3.63, 3.8) is 0 Å². The van der Waals surface area contributed by atoms with Gasteiger partial charge in [0.2, 0.25) is 0 Å². The van der Waals surface area contributed by atoms with Gasteiger partial charge < -0.3 is 5.11 Å². The molecule has 0 aliphatic heterocycles. The molecule has 5 nitrogen and oxygen atoms in total. The normalized spacial score (nSPS) is 48.5. The quantitative estimate of drug-likeness (QED) is 0.305. The summed E-state index contributed by atoms with van der Waals surface area (Å²) in [6.45, 7) is 16.6. The lowest BCUT2D eigenvalue weighted by molar-refractivity contribution is -0.201. The summed E-state index contributed by atoms with van der Waals surface area (Å²) in [6, 6.07) is 0. The molecule has 3 unspecified atom stereocenters. The molecule has 0 aromatic heterocycles. The minimum absolute atomic E-state index is 0.00514. The lowest BCUT2D eigenvalue weighted by Gasteiger charge is -2.71. The molecular formula is C31H50O5S. The van der Waals surface area contributed by atoms with Gasteiger partial charge in [0, 0.05) is 0 Å². The molecule has 5 aliphatic carbocycles. The SMILES string of the molecule is CC1(C)CC[C@]2(C(=O)O)CC[C@]3(C)C(=CCC4[C@@]5(C)CC[C@H](OS(C)(=O)=O)C(C)(C)C5CC[C@]43C)C2C1. The second-order valence-electron chi connectivity index (χ2n) is 15.8. The van der Waals surface area contributed by atoms with Crippen LogP contribution < -0.4 is 0 Å². The van der Waals surface area contributed by atoms with Gasteiger partial charge in [-0.2, -0.15) is 8.42 Å². The van der Waals surface area contributed by atoms with Crippen LogP contribution in [-0.2, 0) is 19.1 Å². The first-order valence-electron chi connectivity index (χ1n) is 14.6. The van der Waals surface area contributed by atoms with Gasteiger partial charge in [0.05, 0.1) is 17.8 Å². The van der Waals surface area contributed by atoms with Crippen LogP contribution in [0.25, 0.3) is 0 Å². The van der Waals surface area contributed by atoms with E-state index in [-0.39, 0.29) is 39.1 Å². The first kappa shape index (κ1) is 27.7. The fourth-order valence-electron chi connectivity index (χ4n) is 11.0. The van der Waals surface area contributed by atoms with Gasteiger partial charge in [-0.3, -0.25) is 8.98 Å². The van der Waals surface area contributed by atoms with E-state index in [1.807, 2.05) is 0 Å². The van der Waals surface area contributed by atoms with Crippen molar-refractivity contribution in [3.8, 4) is 0 Å². The summed E-state index contributed by atoms with van der Waals surface area (Å²) in [5.74, 6) is 0.448. The average Bonchev–Trinajstić information content (AvgIpc) is 2.75. The molecule has 4 saturated carbocycles. The third-order valence-corrected chi connectivity index (χ3v) is 13.9. The molecule has 0 aromatic carbocycles. The van der Waals surface area contributed by atoms with E-state index in [2.05, 4.69) is 54.5 Å². The topological polar surface area (TPSA) is 80.7 Å². The standard InChI is InChI=1S/C31H50O5S/c1-26(2)15-17-31(25(32)33)18-16-29(6)20(21(31)19-26)9-10-23-28(5)13-12-24(36-37(8,34)35)27(3,4)22(28)11-14-30(23,29)7/h9,21-24H,10-19H2,1-8H3,(H,32,33)/t21?,22?,23?,24-,28-,29+,30+,31-/m0/s1. The van der Waals surface area contributed by atoms with E-state index in [1.54, 1.807) is 0 Å². The maximum atomic E-state index is 12.8. The number of carboxylic acid groups (broad SMARTS) is 1. The van der Waals surface area contributed by atoms with E-state index in [0.717, 1.165) is 64.2 Å². The minimum Gasteiger partial charge on any atom is -0.481 e. The number of carbonyl (C=O) groups is 1. The molecule has 5 aliphatic rings. The van der Waals surface area contributed by atoms with Crippen LogP contribution in [0.1, 0.15) is 113 Å². The Morgan fingerprint density at radius 1 is 0.919 bits per heavy atom. The van der Waals surface area contributed by atoms with Crippen molar-refractivity contribution in [2.24, 2.45) is 50.2 Å². The van der Waals surface area contributed by atoms with Gasteiger partial charge in [-0.25, -0.2) is 0 Å². The Kier molecular flexibility index (Phi) is 6.05. The first-order chi connectivity index (χ1) is 16.8. The number of carboxylic acids is 1. The highest BCUT2D eigenvalue weighted by Crippen LogP contribution is 2.75. The molecule has 0 amide bonds. The van der Waals surface area contributed by atoms with Gasteiger partial charge in [-0.1, -0.05) is 60.1 Å². The van der Waals surface area contributed by atoms with Crippen molar-refractivity contribution in [2.45, 2.75) is 119 Å². The second-order valence-corrected chi connectivity index (χ2v) is 17.4. The molecule has 0 aromatic rings. The molecule has 5 rings (SSSR count). The molecule has 0 bridgehead atoms. The van der Waals surface area contributed by atoms with Gasteiger partial charge in [0.15, 0.2) is 0 Å². The Morgan fingerprint density at radius 2 is 1.57 bits per heavy atom. The zero-order valence-electron chi connectivity index (χ0n) is 24.4. The second kappa shape index (κ2) is 8.08. The maximum absolute atomic E-state index is 12.8. The summed E-state index contributed by atoms with van der Waals surface area (Å²) in [5, 5.41) is 10.5. The number of aliphatic carboxylic acids is 1. The maximum Gasteiger partial charge on any atom is 0.310 e. The number of fused-ring (bicyclic) bond motifs is 7. The molecule has 8 atom stereocenters. The summed E-state index contributed by atoms with van der Waals surface area (Å²) in [7, 11) is -3.50. The van der Waals surface area contributed by atoms with E-state index >= 15 is 0 Å². The number of rotatable bonds is 3. The van der Waals surface area contributed by atoms with Crippen molar-refractivity contribution in [1.29, 1.82) is 0 Å². The molecule has 0 spiro atoms. The van der Waals surface area contributed by atoms with Gasteiger partial charge in [0.1, 0.15) is 0 Å². The van der Waals surface area contributed by atoms with Crippen LogP contribution in [-0.4, -0.2) is 31.9 Å². The molecular weight excluding hydrogens is 484 g/mol. The summed E-state index contributed by atoms with van der Waals surface area (Å²) in [4.78, 5) is 12.8. The van der Waals surface area contributed by atoms with E-state index in [0.29, 0.717) is 11.8 Å². The van der Waals surface area contributed by atoms with Crippen molar-refractivity contribution >= 4 is 16.1 Å².